The van der Waals surface area contributed by atoms with Crippen LogP contribution in [-0.2, 0) is 0 Å². The largest absolute Gasteiger partial charge is 0.338 e. The van der Waals surface area contributed by atoms with Crippen LogP contribution in [0, 0.1) is 0 Å². The number of nitrogens with two attached hydrogens (primary N) is 4. The fraction of sp³-hybridized carbons (Fsp3) is 0.0435. The molecule has 31 heavy (non-hydrogen) atoms. The minimum atomic E-state index is 0.286. The summed E-state index contributed by atoms with van der Waals surface area (Å²) in [4.78, 5) is 16.1. The lowest BCUT2D eigenvalue weighted by Crippen LogP contribution is -2.46. The van der Waals surface area contributed by atoms with Crippen LogP contribution in [0.25, 0.3) is 33.2 Å². The molecule has 0 unspecified atom stereocenters. The zero-order valence-corrected chi connectivity index (χ0v) is 16.9. The van der Waals surface area contributed by atoms with Gasteiger partial charge in [0.25, 0.3) is 11.7 Å². The molecule has 154 valence electrons. The third-order valence-corrected chi connectivity index (χ3v) is 5.11. The number of hydrogen-bond acceptors (Lipinski definition) is 2. The molecule has 0 radical (unpaired) electrons. The zero-order chi connectivity index (χ0) is 22.1. The Kier molecular flexibility index (Phi) is 4.96. The first-order valence-corrected chi connectivity index (χ1v) is 9.64. The van der Waals surface area contributed by atoms with Crippen molar-refractivity contribution in [1.82, 2.24) is 19.9 Å². The average Bonchev–Trinajstić information content (AvgIpc) is 3.50. The van der Waals surface area contributed by atoms with Gasteiger partial charge < -0.3 is 9.97 Å². The van der Waals surface area contributed by atoms with Crippen molar-refractivity contribution < 1.29 is 10.8 Å². The van der Waals surface area contributed by atoms with Crippen molar-refractivity contribution in [2.45, 2.75) is 6.42 Å². The fourth-order valence-corrected chi connectivity index (χ4v) is 3.53. The maximum atomic E-state index is 5.69. The quantitative estimate of drug-likeness (QED) is 0.159. The number of aromatic amines is 2. The number of rotatable bonds is 4. The molecule has 8 heteroatoms. The predicted octanol–water partition coefficient (Wildman–Crippen LogP) is 0.0409. The van der Waals surface area contributed by atoms with E-state index in [1.54, 1.807) is 0 Å². The zero-order valence-electron chi connectivity index (χ0n) is 16.9. The molecule has 2 heterocycles. The first kappa shape index (κ1) is 19.8. The van der Waals surface area contributed by atoms with E-state index >= 15 is 0 Å². The molecule has 0 amide bonds. The van der Waals surface area contributed by atoms with E-state index in [0.29, 0.717) is 0 Å². The van der Waals surface area contributed by atoms with Gasteiger partial charge in [0, 0.05) is 6.42 Å². The summed E-state index contributed by atoms with van der Waals surface area (Å²) in [5, 5.41) is 11.4. The monoisotopic (exact) mass is 412 g/mol. The molecule has 0 spiro atoms. The minimum Gasteiger partial charge on any atom is -0.338 e. The van der Waals surface area contributed by atoms with E-state index in [4.69, 9.17) is 22.3 Å². The van der Waals surface area contributed by atoms with Gasteiger partial charge in [-0.05, 0) is 47.5 Å². The number of hydrogen-bond donors (Lipinski definition) is 6. The lowest BCUT2D eigenvalue weighted by atomic mass is 10.1. The molecule has 0 atom stereocenters. The lowest BCUT2D eigenvalue weighted by molar-refractivity contribution is -0.115. The van der Waals surface area contributed by atoms with E-state index in [0.717, 1.165) is 62.4 Å². The van der Waals surface area contributed by atoms with E-state index in [1.807, 2.05) is 36.4 Å². The van der Waals surface area contributed by atoms with Gasteiger partial charge in [0.1, 0.15) is 11.6 Å². The Bertz CT molecular complexity index is 1290. The Morgan fingerprint density at radius 2 is 1.19 bits per heavy atom. The van der Waals surface area contributed by atoms with E-state index in [1.165, 1.54) is 0 Å². The van der Waals surface area contributed by atoms with E-state index < -0.39 is 0 Å². The van der Waals surface area contributed by atoms with E-state index in [2.05, 4.69) is 45.2 Å². The Morgan fingerprint density at radius 1 is 0.774 bits per heavy atom. The molecule has 1 aliphatic rings. The van der Waals surface area contributed by atoms with Gasteiger partial charge in [-0.15, -0.1) is 13.2 Å². The summed E-state index contributed by atoms with van der Waals surface area (Å²) < 4.78 is 0. The smallest absolute Gasteiger partial charge is 0.270 e. The third kappa shape index (κ3) is 3.62. The standard InChI is InChI=1S/C21H18N8.C2H4/c22-18(23)10-3-5-14-16(8-10)28-20(26-14)12-1-2-13(7-12)21-27-15-6-4-11(19(24)25)9-17(15)29-21;1-2/h1-6,8-9H,7H2,(H3,22,23)(H3,24,25)(H,26,28)(H,27,29);1-2H2/p+2. The first-order chi connectivity index (χ1) is 15.0. The van der Waals surface area contributed by atoms with Crippen molar-refractivity contribution in [3.8, 4) is 0 Å². The van der Waals surface area contributed by atoms with Crippen LogP contribution in [0.1, 0.15) is 29.2 Å². The highest BCUT2D eigenvalue weighted by Crippen LogP contribution is 2.33. The third-order valence-electron chi connectivity index (χ3n) is 5.11. The van der Waals surface area contributed by atoms with Crippen LogP contribution in [0.4, 0.5) is 0 Å². The molecular weight excluding hydrogens is 388 g/mol. The number of nitrogens with zero attached hydrogens (tertiary/aromatic N) is 2. The Labute approximate surface area is 178 Å². The second kappa shape index (κ2) is 7.75. The summed E-state index contributed by atoms with van der Waals surface area (Å²) in [6.45, 7) is 6.00. The first-order valence-electron chi connectivity index (χ1n) is 9.64. The molecule has 0 bridgehead atoms. The molecule has 4 aromatic rings. The van der Waals surface area contributed by atoms with Gasteiger partial charge in [0.05, 0.1) is 33.2 Å². The van der Waals surface area contributed by atoms with Gasteiger partial charge in [-0.1, -0.05) is 12.2 Å². The highest BCUT2D eigenvalue weighted by Gasteiger charge is 2.18. The van der Waals surface area contributed by atoms with Crippen LogP contribution in [0.3, 0.4) is 0 Å². The normalized spacial score (nSPS) is 12.9. The summed E-state index contributed by atoms with van der Waals surface area (Å²) in [5.74, 6) is 2.22. The molecule has 0 saturated heterocycles. The predicted molar refractivity (Wildman–Crippen MR) is 124 cm³/mol. The van der Waals surface area contributed by atoms with Crippen molar-refractivity contribution >= 4 is 44.9 Å². The van der Waals surface area contributed by atoms with Crippen molar-refractivity contribution in [2.75, 3.05) is 0 Å². The van der Waals surface area contributed by atoms with Crippen LogP contribution in [0.15, 0.2) is 61.7 Å². The van der Waals surface area contributed by atoms with Crippen molar-refractivity contribution in [3.63, 3.8) is 0 Å². The summed E-state index contributed by atoms with van der Waals surface area (Å²) >= 11 is 0. The van der Waals surface area contributed by atoms with Crippen LogP contribution in [-0.4, -0.2) is 31.6 Å². The number of amidine groups is 2. The van der Waals surface area contributed by atoms with Crippen LogP contribution >= 0.6 is 0 Å². The van der Waals surface area contributed by atoms with Gasteiger partial charge in [0.2, 0.25) is 0 Å². The minimum absolute atomic E-state index is 0.286. The Morgan fingerprint density at radius 3 is 1.58 bits per heavy atom. The molecule has 0 fully saturated rings. The average molecular weight is 413 g/mol. The molecule has 5 rings (SSSR count). The number of H-pyrrole nitrogens is 2. The summed E-state index contributed by atoms with van der Waals surface area (Å²) in [6, 6.07) is 11.4. The Hall–Kier alpha value is -4.46. The van der Waals surface area contributed by atoms with Gasteiger partial charge >= 0.3 is 0 Å². The van der Waals surface area contributed by atoms with E-state index in [-0.39, 0.29) is 11.7 Å². The number of fused-ring (bicyclic) bond motifs is 2. The molecule has 10 N–H and O–H groups in total. The second-order valence-electron chi connectivity index (χ2n) is 7.11. The summed E-state index contributed by atoms with van der Waals surface area (Å²) in [5.41, 5.74) is 18.6. The van der Waals surface area contributed by atoms with Gasteiger partial charge in [-0.25, -0.2) is 9.97 Å². The molecule has 0 aliphatic heterocycles. The number of benzene rings is 2. The van der Waals surface area contributed by atoms with Gasteiger partial charge in [0.15, 0.2) is 0 Å². The Balaban J connectivity index is 0.00000112. The SMILES string of the molecule is C=C.NC(=[NH2+])c1ccc2nc(C3=CC=C(c4nc5ccc(C(N)=[NH2+])cc5[nH]4)C3)[nH]c2c1. The van der Waals surface area contributed by atoms with Crippen molar-refractivity contribution in [2.24, 2.45) is 11.5 Å². The molecule has 0 saturated carbocycles. The summed E-state index contributed by atoms with van der Waals surface area (Å²) in [6.07, 6.45) is 4.83. The second-order valence-corrected chi connectivity index (χ2v) is 7.11. The molecule has 2 aromatic heterocycles. The van der Waals surface area contributed by atoms with Crippen LogP contribution in [0.5, 0.6) is 0 Å². The fourth-order valence-electron chi connectivity index (χ4n) is 3.53. The summed E-state index contributed by atoms with van der Waals surface area (Å²) in [7, 11) is 0. The molecule has 2 aromatic carbocycles. The topological polar surface area (TPSA) is 161 Å². The van der Waals surface area contributed by atoms with Crippen molar-refractivity contribution in [3.05, 3.63) is 84.5 Å². The maximum absolute atomic E-state index is 5.69. The number of imidazole rings is 2. The molecular formula is C23H24N8+2. The van der Waals surface area contributed by atoms with Crippen LogP contribution < -0.4 is 22.3 Å². The van der Waals surface area contributed by atoms with Gasteiger partial charge in [-0.2, -0.15) is 0 Å². The number of nitrogens with one attached hydrogen (secondary N) is 2. The van der Waals surface area contributed by atoms with Gasteiger partial charge in [-0.3, -0.25) is 22.3 Å². The highest BCUT2D eigenvalue weighted by molar-refractivity contribution is 5.97. The van der Waals surface area contributed by atoms with E-state index in [9.17, 15) is 0 Å². The lowest BCUT2D eigenvalue weighted by Gasteiger charge is -2.00. The molecule has 8 nitrogen and oxygen atoms in total. The highest BCUT2D eigenvalue weighted by atomic mass is 14.9. The number of aromatic nitrogens is 4. The number of allylic oxidation sites excluding steroid dienone is 4. The molecule has 1 aliphatic carbocycles. The van der Waals surface area contributed by atoms with Crippen molar-refractivity contribution in [1.29, 1.82) is 0 Å². The van der Waals surface area contributed by atoms with Crippen LogP contribution in [0.2, 0.25) is 0 Å². The maximum Gasteiger partial charge on any atom is 0.270 e.